The maximum atomic E-state index is 14.1. The Hall–Kier alpha value is -2.91. The zero-order valence-electron chi connectivity index (χ0n) is 13.8. The molecule has 2 rings (SSSR count). The lowest BCUT2D eigenvalue weighted by molar-refractivity contribution is 0.0327. The third-order valence-corrected chi connectivity index (χ3v) is 3.91. The van der Waals surface area contributed by atoms with Gasteiger partial charge in [0.25, 0.3) is 5.91 Å². The molecular weight excluding hydrogens is 470 g/mol. The number of hydroxylamine groups is 1. The lowest BCUT2D eigenvalue weighted by atomic mass is 10.1. The highest BCUT2D eigenvalue weighted by Gasteiger charge is 2.14. The fraction of sp³-hybridized carbons (Fsp3) is 0.118. The molecule has 140 valence electrons. The number of hydrogen-bond acceptors (Lipinski definition) is 5. The number of hydrogen-bond donors (Lipinski definition) is 4. The smallest absolute Gasteiger partial charge is 0.404 e. The number of rotatable bonds is 7. The Bertz CT molecular complexity index is 901. The van der Waals surface area contributed by atoms with Crippen molar-refractivity contribution in [1.29, 1.82) is 5.26 Å². The van der Waals surface area contributed by atoms with Gasteiger partial charge in [-0.05, 0) is 59.0 Å². The van der Waals surface area contributed by atoms with Crippen molar-refractivity contribution < 1.29 is 23.9 Å². The summed E-state index contributed by atoms with van der Waals surface area (Å²) in [6.45, 7) is -0.0925. The molecule has 4 N–H and O–H groups in total. The molecule has 0 saturated carbocycles. The minimum atomic E-state index is -1.21. The van der Waals surface area contributed by atoms with Crippen LogP contribution in [0.25, 0.3) is 0 Å². The minimum Gasteiger partial charge on any atom is -0.465 e. The van der Waals surface area contributed by atoms with Crippen molar-refractivity contribution in [1.82, 2.24) is 10.8 Å². The van der Waals surface area contributed by atoms with Gasteiger partial charge in [0.15, 0.2) is 0 Å². The maximum Gasteiger partial charge on any atom is 0.404 e. The van der Waals surface area contributed by atoms with E-state index in [0.717, 1.165) is 0 Å². The highest BCUT2D eigenvalue weighted by molar-refractivity contribution is 14.1. The molecule has 0 heterocycles. The van der Waals surface area contributed by atoms with E-state index in [1.807, 2.05) is 28.7 Å². The summed E-state index contributed by atoms with van der Waals surface area (Å²) in [5.41, 5.74) is 2.94. The van der Waals surface area contributed by atoms with Crippen LogP contribution in [0.15, 0.2) is 36.4 Å². The highest BCUT2D eigenvalue weighted by Crippen LogP contribution is 2.25. The van der Waals surface area contributed by atoms with Crippen LogP contribution in [0, 0.1) is 20.7 Å². The lowest BCUT2D eigenvalue weighted by Gasteiger charge is -2.13. The molecule has 0 aliphatic heterocycles. The highest BCUT2D eigenvalue weighted by atomic mass is 127. The molecule has 2 aromatic rings. The Morgan fingerprint density at radius 3 is 2.67 bits per heavy atom. The summed E-state index contributed by atoms with van der Waals surface area (Å²) in [5.74, 6) is -1.14. The number of carbonyl (C=O) groups is 2. The van der Waals surface area contributed by atoms with Crippen LogP contribution < -0.4 is 16.1 Å². The number of nitriles is 1. The van der Waals surface area contributed by atoms with Crippen LogP contribution in [0.5, 0.6) is 0 Å². The molecule has 0 spiro atoms. The molecule has 27 heavy (non-hydrogen) atoms. The number of nitrogens with one attached hydrogen (secondary N) is 3. The standard InChI is InChI=1S/C17H14FIN4O4/c18-13-8-11(19)2-4-14(13)22-15-7-10(9-20)1-3-12(15)16(24)23-27-6-5-21-17(25)26/h1-4,7-8,21-22H,5-6H2,(H,23,24)(H,25,26). The first kappa shape index (κ1) is 20.4. The van der Waals surface area contributed by atoms with Gasteiger partial charge in [0.1, 0.15) is 5.82 Å². The van der Waals surface area contributed by atoms with Crippen molar-refractivity contribution in [3.63, 3.8) is 0 Å². The van der Waals surface area contributed by atoms with E-state index in [9.17, 15) is 14.0 Å². The van der Waals surface area contributed by atoms with E-state index in [2.05, 4.69) is 16.1 Å². The number of carbonyl (C=O) groups excluding carboxylic acids is 1. The number of nitrogens with zero attached hydrogens (tertiary/aromatic N) is 1. The van der Waals surface area contributed by atoms with E-state index >= 15 is 0 Å². The topological polar surface area (TPSA) is 123 Å². The second kappa shape index (κ2) is 9.70. The summed E-state index contributed by atoms with van der Waals surface area (Å²) in [6.07, 6.45) is -1.21. The normalized spacial score (nSPS) is 9.96. The number of amides is 2. The van der Waals surface area contributed by atoms with Gasteiger partial charge in [0, 0.05) is 10.1 Å². The SMILES string of the molecule is N#Cc1ccc(C(=O)NOCCNC(=O)O)c(Nc2ccc(I)cc2F)c1. The molecule has 0 saturated heterocycles. The van der Waals surface area contributed by atoms with Crippen LogP contribution in [-0.4, -0.2) is 30.3 Å². The quantitative estimate of drug-likeness (QED) is 0.272. The largest absolute Gasteiger partial charge is 0.465 e. The van der Waals surface area contributed by atoms with Crippen LogP contribution in [0.3, 0.4) is 0 Å². The van der Waals surface area contributed by atoms with Crippen LogP contribution in [0.1, 0.15) is 15.9 Å². The van der Waals surface area contributed by atoms with Crippen molar-refractivity contribution in [2.24, 2.45) is 0 Å². The first-order valence-corrected chi connectivity index (χ1v) is 8.63. The summed E-state index contributed by atoms with van der Waals surface area (Å²) < 4.78 is 14.8. The predicted octanol–water partition coefficient (Wildman–Crippen LogP) is 2.97. The molecule has 0 aliphatic rings. The molecular formula is C17H14FIN4O4. The molecule has 0 radical (unpaired) electrons. The van der Waals surface area contributed by atoms with Crippen molar-refractivity contribution in [2.75, 3.05) is 18.5 Å². The van der Waals surface area contributed by atoms with Crippen LogP contribution in [-0.2, 0) is 4.84 Å². The minimum absolute atomic E-state index is 0.0120. The Morgan fingerprint density at radius 2 is 2.00 bits per heavy atom. The summed E-state index contributed by atoms with van der Waals surface area (Å²) in [5, 5.41) is 22.4. The first-order chi connectivity index (χ1) is 12.9. The van der Waals surface area contributed by atoms with E-state index in [0.29, 0.717) is 3.57 Å². The summed E-state index contributed by atoms with van der Waals surface area (Å²) in [4.78, 5) is 27.5. The Kier molecular flexibility index (Phi) is 7.33. The summed E-state index contributed by atoms with van der Waals surface area (Å²) >= 11 is 1.97. The van der Waals surface area contributed by atoms with E-state index in [4.69, 9.17) is 15.2 Å². The third-order valence-electron chi connectivity index (χ3n) is 3.24. The van der Waals surface area contributed by atoms with E-state index in [1.165, 1.54) is 30.3 Å². The predicted molar refractivity (Wildman–Crippen MR) is 103 cm³/mol. The number of halogens is 2. The zero-order valence-corrected chi connectivity index (χ0v) is 15.9. The van der Waals surface area contributed by atoms with E-state index in [-0.39, 0.29) is 35.7 Å². The van der Waals surface area contributed by atoms with E-state index < -0.39 is 17.8 Å². The van der Waals surface area contributed by atoms with E-state index in [1.54, 1.807) is 6.07 Å². The van der Waals surface area contributed by atoms with Gasteiger partial charge in [-0.2, -0.15) is 5.26 Å². The van der Waals surface area contributed by atoms with Crippen LogP contribution in [0.2, 0.25) is 0 Å². The molecule has 0 fully saturated rings. The molecule has 8 nitrogen and oxygen atoms in total. The fourth-order valence-electron chi connectivity index (χ4n) is 2.03. The van der Waals surface area contributed by atoms with Crippen molar-refractivity contribution in [3.8, 4) is 6.07 Å². The van der Waals surface area contributed by atoms with Crippen molar-refractivity contribution in [3.05, 3.63) is 56.9 Å². The molecule has 0 aliphatic carbocycles. The molecule has 2 amide bonds. The number of benzene rings is 2. The van der Waals surface area contributed by atoms with Gasteiger partial charge in [-0.1, -0.05) is 0 Å². The summed E-state index contributed by atoms with van der Waals surface area (Å²) in [7, 11) is 0. The number of anilines is 2. The molecule has 10 heteroatoms. The van der Waals surface area contributed by atoms with Crippen LogP contribution >= 0.6 is 22.6 Å². The second-order valence-corrected chi connectivity index (χ2v) is 6.38. The second-order valence-electron chi connectivity index (χ2n) is 5.13. The van der Waals surface area contributed by atoms with Crippen molar-refractivity contribution >= 4 is 46.0 Å². The fourth-order valence-corrected chi connectivity index (χ4v) is 2.48. The average Bonchev–Trinajstić information content (AvgIpc) is 2.63. The lowest BCUT2D eigenvalue weighted by Crippen LogP contribution is -2.30. The van der Waals surface area contributed by atoms with Gasteiger partial charge < -0.3 is 15.7 Å². The molecule has 0 aromatic heterocycles. The van der Waals surface area contributed by atoms with Crippen molar-refractivity contribution in [2.45, 2.75) is 0 Å². The maximum absolute atomic E-state index is 14.1. The monoisotopic (exact) mass is 484 g/mol. The third kappa shape index (κ3) is 6.08. The molecule has 0 unspecified atom stereocenters. The molecule has 2 aromatic carbocycles. The zero-order chi connectivity index (χ0) is 19.8. The number of carboxylic acid groups (broad SMARTS) is 1. The van der Waals surface area contributed by atoms with Gasteiger partial charge in [0.05, 0.1) is 35.2 Å². The van der Waals surface area contributed by atoms with Gasteiger partial charge >= 0.3 is 6.09 Å². The summed E-state index contributed by atoms with van der Waals surface area (Å²) in [6, 6.07) is 10.8. The van der Waals surface area contributed by atoms with Gasteiger partial charge in [-0.25, -0.2) is 14.7 Å². The average molecular weight is 484 g/mol. The Labute approximate surface area is 167 Å². The van der Waals surface area contributed by atoms with Gasteiger partial charge in [-0.15, -0.1) is 0 Å². The molecule has 0 bridgehead atoms. The van der Waals surface area contributed by atoms with Gasteiger partial charge in [-0.3, -0.25) is 9.63 Å². The Morgan fingerprint density at radius 1 is 1.22 bits per heavy atom. The first-order valence-electron chi connectivity index (χ1n) is 7.56. The van der Waals surface area contributed by atoms with Crippen LogP contribution in [0.4, 0.5) is 20.6 Å². The van der Waals surface area contributed by atoms with Gasteiger partial charge in [0.2, 0.25) is 0 Å². The Balaban J connectivity index is 2.15. The molecule has 0 atom stereocenters.